The molecule has 0 aliphatic carbocycles. The van der Waals surface area contributed by atoms with Gasteiger partial charge in [-0.1, -0.05) is 6.07 Å². The van der Waals surface area contributed by atoms with Gasteiger partial charge in [-0.2, -0.15) is 0 Å². The van der Waals surface area contributed by atoms with E-state index in [-0.39, 0.29) is 5.91 Å². The number of aryl methyl sites for hydroxylation is 1. The SMILES string of the molecule is Cc1ccc(NC(=O)CSCC2CCCO2)c(N)c1. The van der Waals surface area contributed by atoms with Crippen molar-refractivity contribution in [3.8, 4) is 0 Å². The zero-order chi connectivity index (χ0) is 13.7. The minimum Gasteiger partial charge on any atom is -0.397 e. The van der Waals surface area contributed by atoms with E-state index in [0.29, 0.717) is 23.2 Å². The molecule has 0 bridgehead atoms. The highest BCUT2D eigenvalue weighted by molar-refractivity contribution is 8.00. The summed E-state index contributed by atoms with van der Waals surface area (Å²) in [4.78, 5) is 11.8. The zero-order valence-electron chi connectivity index (χ0n) is 11.1. The molecule has 1 saturated heterocycles. The van der Waals surface area contributed by atoms with Crippen LogP contribution in [0.5, 0.6) is 0 Å². The van der Waals surface area contributed by atoms with Crippen molar-refractivity contribution < 1.29 is 9.53 Å². The van der Waals surface area contributed by atoms with E-state index in [2.05, 4.69) is 5.32 Å². The van der Waals surface area contributed by atoms with Crippen LogP contribution in [0.4, 0.5) is 11.4 Å². The molecule has 1 amide bonds. The molecule has 1 atom stereocenters. The summed E-state index contributed by atoms with van der Waals surface area (Å²) in [5, 5.41) is 2.84. The van der Waals surface area contributed by atoms with Gasteiger partial charge in [0, 0.05) is 12.4 Å². The van der Waals surface area contributed by atoms with Crippen LogP contribution in [0, 0.1) is 6.92 Å². The number of carbonyl (C=O) groups is 1. The summed E-state index contributed by atoms with van der Waals surface area (Å²) < 4.78 is 5.51. The smallest absolute Gasteiger partial charge is 0.234 e. The van der Waals surface area contributed by atoms with Gasteiger partial charge in [-0.15, -0.1) is 11.8 Å². The fraction of sp³-hybridized carbons (Fsp3) is 0.500. The lowest BCUT2D eigenvalue weighted by Crippen LogP contribution is -2.17. The second-order valence-corrected chi connectivity index (χ2v) is 5.82. The van der Waals surface area contributed by atoms with E-state index in [1.807, 2.05) is 25.1 Å². The Bertz CT molecular complexity index is 445. The highest BCUT2D eigenvalue weighted by Gasteiger charge is 2.15. The molecule has 0 spiro atoms. The van der Waals surface area contributed by atoms with Crippen LogP contribution in [-0.2, 0) is 9.53 Å². The van der Waals surface area contributed by atoms with Crippen molar-refractivity contribution in [2.75, 3.05) is 29.2 Å². The normalized spacial score (nSPS) is 18.5. The topological polar surface area (TPSA) is 64.3 Å². The number of amides is 1. The maximum atomic E-state index is 11.8. The number of rotatable bonds is 5. The Morgan fingerprint density at radius 1 is 1.58 bits per heavy atom. The van der Waals surface area contributed by atoms with E-state index in [9.17, 15) is 4.79 Å². The van der Waals surface area contributed by atoms with Gasteiger partial charge in [0.2, 0.25) is 5.91 Å². The van der Waals surface area contributed by atoms with Crippen molar-refractivity contribution in [1.29, 1.82) is 0 Å². The highest BCUT2D eigenvalue weighted by atomic mass is 32.2. The molecule has 19 heavy (non-hydrogen) atoms. The van der Waals surface area contributed by atoms with Gasteiger partial charge in [0.15, 0.2) is 0 Å². The van der Waals surface area contributed by atoms with E-state index in [4.69, 9.17) is 10.5 Å². The van der Waals surface area contributed by atoms with E-state index in [0.717, 1.165) is 30.8 Å². The van der Waals surface area contributed by atoms with Crippen molar-refractivity contribution in [2.24, 2.45) is 0 Å². The molecule has 2 rings (SSSR count). The fourth-order valence-electron chi connectivity index (χ4n) is 2.04. The van der Waals surface area contributed by atoms with Crippen LogP contribution < -0.4 is 11.1 Å². The maximum absolute atomic E-state index is 11.8. The van der Waals surface area contributed by atoms with Crippen LogP contribution in [0.15, 0.2) is 18.2 Å². The van der Waals surface area contributed by atoms with Crippen LogP contribution in [0.3, 0.4) is 0 Å². The molecule has 3 N–H and O–H groups in total. The Balaban J connectivity index is 1.74. The first kappa shape index (κ1) is 14.2. The van der Waals surface area contributed by atoms with Gasteiger partial charge in [0.25, 0.3) is 0 Å². The van der Waals surface area contributed by atoms with Gasteiger partial charge in [-0.3, -0.25) is 4.79 Å². The molecular formula is C14H20N2O2S. The molecule has 1 aromatic carbocycles. The summed E-state index contributed by atoms with van der Waals surface area (Å²) in [7, 11) is 0. The Hall–Kier alpha value is -1.20. The molecule has 1 heterocycles. The quantitative estimate of drug-likeness (QED) is 0.813. The average molecular weight is 280 g/mol. The zero-order valence-corrected chi connectivity index (χ0v) is 12.0. The van der Waals surface area contributed by atoms with Crippen molar-refractivity contribution >= 4 is 29.0 Å². The second kappa shape index (κ2) is 6.82. The number of thioether (sulfide) groups is 1. The number of anilines is 2. The Kier molecular flexibility index (Phi) is 5.10. The maximum Gasteiger partial charge on any atom is 0.234 e. The Morgan fingerprint density at radius 2 is 2.42 bits per heavy atom. The van der Waals surface area contributed by atoms with Gasteiger partial charge in [-0.25, -0.2) is 0 Å². The molecule has 5 heteroatoms. The molecule has 1 fully saturated rings. The number of nitrogens with two attached hydrogens (primary N) is 1. The van der Waals surface area contributed by atoms with E-state index >= 15 is 0 Å². The number of benzene rings is 1. The lowest BCUT2D eigenvalue weighted by Gasteiger charge is -2.10. The first-order valence-corrected chi connectivity index (χ1v) is 7.66. The predicted octanol–water partition coefficient (Wildman–Crippen LogP) is 2.43. The third-order valence-electron chi connectivity index (χ3n) is 3.04. The number of ether oxygens (including phenoxy) is 1. The number of hydrogen-bond donors (Lipinski definition) is 2. The second-order valence-electron chi connectivity index (χ2n) is 4.79. The summed E-state index contributed by atoms with van der Waals surface area (Å²) in [6, 6.07) is 5.63. The van der Waals surface area contributed by atoms with Crippen LogP contribution >= 0.6 is 11.8 Å². The van der Waals surface area contributed by atoms with Crippen LogP contribution in [0.25, 0.3) is 0 Å². The van der Waals surface area contributed by atoms with E-state index in [1.54, 1.807) is 11.8 Å². The minimum atomic E-state index is -0.0152. The van der Waals surface area contributed by atoms with Crippen molar-refractivity contribution in [2.45, 2.75) is 25.9 Å². The van der Waals surface area contributed by atoms with Crippen LogP contribution in [0.2, 0.25) is 0 Å². The summed E-state index contributed by atoms with van der Waals surface area (Å²) in [5.41, 5.74) is 8.24. The summed E-state index contributed by atoms with van der Waals surface area (Å²) in [6.45, 7) is 2.83. The molecule has 0 aromatic heterocycles. The lowest BCUT2D eigenvalue weighted by molar-refractivity contribution is -0.113. The van der Waals surface area contributed by atoms with Crippen molar-refractivity contribution in [3.63, 3.8) is 0 Å². The molecule has 4 nitrogen and oxygen atoms in total. The standard InChI is InChI=1S/C14H20N2O2S/c1-10-4-5-13(12(15)7-10)16-14(17)9-19-8-11-3-2-6-18-11/h4-5,7,11H,2-3,6,8-9,15H2,1H3,(H,16,17). The third kappa shape index (κ3) is 4.44. The number of nitrogens with one attached hydrogen (secondary N) is 1. The highest BCUT2D eigenvalue weighted by Crippen LogP contribution is 2.20. The molecule has 1 aromatic rings. The molecule has 1 aliphatic heterocycles. The van der Waals surface area contributed by atoms with Gasteiger partial charge < -0.3 is 15.8 Å². The fourth-order valence-corrected chi connectivity index (χ4v) is 2.94. The van der Waals surface area contributed by atoms with Gasteiger partial charge in [0.1, 0.15) is 0 Å². The number of nitrogen functional groups attached to an aromatic ring is 1. The van der Waals surface area contributed by atoms with E-state index < -0.39 is 0 Å². The molecule has 1 unspecified atom stereocenters. The number of carbonyl (C=O) groups excluding carboxylic acids is 1. The largest absolute Gasteiger partial charge is 0.397 e. The first-order chi connectivity index (χ1) is 9.15. The summed E-state index contributed by atoms with van der Waals surface area (Å²) in [5.74, 6) is 1.31. The number of hydrogen-bond acceptors (Lipinski definition) is 4. The van der Waals surface area contributed by atoms with Gasteiger partial charge in [-0.05, 0) is 37.5 Å². The third-order valence-corrected chi connectivity index (χ3v) is 4.12. The van der Waals surface area contributed by atoms with Gasteiger partial charge >= 0.3 is 0 Å². The molecule has 1 aliphatic rings. The molecule has 104 valence electrons. The van der Waals surface area contributed by atoms with E-state index in [1.165, 1.54) is 0 Å². The van der Waals surface area contributed by atoms with Crippen LogP contribution in [0.1, 0.15) is 18.4 Å². The Labute approximate surface area is 118 Å². The monoisotopic (exact) mass is 280 g/mol. The minimum absolute atomic E-state index is 0.0152. The summed E-state index contributed by atoms with van der Waals surface area (Å²) in [6.07, 6.45) is 2.57. The van der Waals surface area contributed by atoms with Crippen molar-refractivity contribution in [3.05, 3.63) is 23.8 Å². The molecule has 0 saturated carbocycles. The average Bonchev–Trinajstić information content (AvgIpc) is 2.86. The Morgan fingerprint density at radius 3 is 3.11 bits per heavy atom. The molecule has 0 radical (unpaired) electrons. The van der Waals surface area contributed by atoms with Crippen molar-refractivity contribution in [1.82, 2.24) is 0 Å². The first-order valence-electron chi connectivity index (χ1n) is 6.50. The molecular weight excluding hydrogens is 260 g/mol. The van der Waals surface area contributed by atoms with Crippen LogP contribution in [-0.4, -0.2) is 30.1 Å². The predicted molar refractivity (Wildman–Crippen MR) is 80.5 cm³/mol. The van der Waals surface area contributed by atoms with Gasteiger partial charge in [0.05, 0.1) is 23.2 Å². The lowest BCUT2D eigenvalue weighted by atomic mass is 10.2. The summed E-state index contributed by atoms with van der Waals surface area (Å²) >= 11 is 1.61.